The van der Waals surface area contributed by atoms with Gasteiger partial charge in [-0.05, 0) is 31.2 Å². The van der Waals surface area contributed by atoms with Gasteiger partial charge in [-0.15, -0.1) is 0 Å². The summed E-state index contributed by atoms with van der Waals surface area (Å²) >= 11 is 0. The van der Waals surface area contributed by atoms with E-state index in [0.29, 0.717) is 6.04 Å². The van der Waals surface area contributed by atoms with Gasteiger partial charge in [0.15, 0.2) is 0 Å². The summed E-state index contributed by atoms with van der Waals surface area (Å²) < 4.78 is 11.3. The van der Waals surface area contributed by atoms with Gasteiger partial charge in [-0.2, -0.15) is 0 Å². The first-order valence-corrected chi connectivity index (χ1v) is 6.01. The Balaban J connectivity index is 2.14. The lowest BCUT2D eigenvalue weighted by molar-refractivity contribution is 0.182. The highest BCUT2D eigenvalue weighted by molar-refractivity contribution is 5.80. The Kier molecular flexibility index (Phi) is 2.56. The van der Waals surface area contributed by atoms with Crippen molar-refractivity contribution in [1.82, 2.24) is 4.90 Å². The summed E-state index contributed by atoms with van der Waals surface area (Å²) in [6, 6.07) is 6.36. The molecule has 0 aromatic heterocycles. The van der Waals surface area contributed by atoms with Crippen molar-refractivity contribution >= 4 is 5.57 Å². The van der Waals surface area contributed by atoms with E-state index in [-0.39, 0.29) is 0 Å². The lowest BCUT2D eigenvalue weighted by Gasteiger charge is -2.38. The van der Waals surface area contributed by atoms with Crippen LogP contribution in [0, 0.1) is 0 Å². The minimum absolute atomic E-state index is 0.368. The fourth-order valence-electron chi connectivity index (χ4n) is 2.69. The molecule has 2 heterocycles. The summed E-state index contributed by atoms with van der Waals surface area (Å²) in [6.07, 6.45) is 3.42. The molecule has 2 aliphatic rings. The van der Waals surface area contributed by atoms with E-state index in [1.807, 2.05) is 18.2 Å². The van der Waals surface area contributed by atoms with Gasteiger partial charge in [0.1, 0.15) is 18.1 Å². The fraction of sp³-hybridized carbons (Fsp3) is 0.429. The molecule has 1 aromatic carbocycles. The quantitative estimate of drug-likeness (QED) is 0.739. The second kappa shape index (κ2) is 4.08. The van der Waals surface area contributed by atoms with Crippen LogP contribution in [0.3, 0.4) is 0 Å². The SMILES string of the molecule is COc1cccc2c1C1=CCCN(C)C1CO2. The van der Waals surface area contributed by atoms with E-state index in [1.165, 1.54) is 5.57 Å². The van der Waals surface area contributed by atoms with Crippen LogP contribution in [0.2, 0.25) is 0 Å². The van der Waals surface area contributed by atoms with Crippen LogP contribution in [0.1, 0.15) is 12.0 Å². The Morgan fingerprint density at radius 3 is 3.12 bits per heavy atom. The Hall–Kier alpha value is -1.48. The minimum Gasteiger partial charge on any atom is -0.496 e. The average Bonchev–Trinajstić information content (AvgIpc) is 2.38. The van der Waals surface area contributed by atoms with Crippen molar-refractivity contribution in [1.29, 1.82) is 0 Å². The first kappa shape index (κ1) is 10.7. The zero-order chi connectivity index (χ0) is 11.8. The van der Waals surface area contributed by atoms with Crippen molar-refractivity contribution in [2.24, 2.45) is 0 Å². The zero-order valence-corrected chi connectivity index (χ0v) is 10.3. The van der Waals surface area contributed by atoms with Crippen LogP contribution >= 0.6 is 0 Å². The molecular weight excluding hydrogens is 214 g/mol. The second-order valence-electron chi connectivity index (χ2n) is 4.59. The van der Waals surface area contributed by atoms with Gasteiger partial charge in [0.2, 0.25) is 0 Å². The topological polar surface area (TPSA) is 21.7 Å². The van der Waals surface area contributed by atoms with Crippen molar-refractivity contribution in [3.63, 3.8) is 0 Å². The first-order valence-electron chi connectivity index (χ1n) is 6.01. The molecule has 90 valence electrons. The third-order valence-corrected chi connectivity index (χ3v) is 3.63. The summed E-state index contributed by atoms with van der Waals surface area (Å²) in [5.74, 6) is 1.86. The molecule has 0 saturated carbocycles. The fourth-order valence-corrected chi connectivity index (χ4v) is 2.69. The Bertz CT molecular complexity index is 453. The van der Waals surface area contributed by atoms with Gasteiger partial charge in [0, 0.05) is 6.54 Å². The van der Waals surface area contributed by atoms with Crippen LogP contribution < -0.4 is 9.47 Å². The third-order valence-electron chi connectivity index (χ3n) is 3.63. The van der Waals surface area contributed by atoms with E-state index < -0.39 is 0 Å². The molecule has 2 aliphatic heterocycles. The Morgan fingerprint density at radius 1 is 1.41 bits per heavy atom. The van der Waals surface area contributed by atoms with Crippen LogP contribution in [-0.4, -0.2) is 38.3 Å². The number of nitrogens with zero attached hydrogens (tertiary/aromatic N) is 1. The molecule has 0 saturated heterocycles. The van der Waals surface area contributed by atoms with Crippen molar-refractivity contribution in [3.05, 3.63) is 29.8 Å². The van der Waals surface area contributed by atoms with Crippen molar-refractivity contribution < 1.29 is 9.47 Å². The predicted molar refractivity (Wildman–Crippen MR) is 67.5 cm³/mol. The maximum Gasteiger partial charge on any atom is 0.130 e. The van der Waals surface area contributed by atoms with E-state index in [4.69, 9.17) is 9.47 Å². The summed E-state index contributed by atoms with van der Waals surface area (Å²) in [5.41, 5.74) is 2.50. The average molecular weight is 231 g/mol. The van der Waals surface area contributed by atoms with Gasteiger partial charge in [-0.3, -0.25) is 4.90 Å². The molecule has 0 N–H and O–H groups in total. The maximum atomic E-state index is 5.84. The first-order chi connectivity index (χ1) is 8.31. The number of likely N-dealkylation sites (N-methyl/N-ethyl adjacent to an activating group) is 1. The molecule has 1 aromatic rings. The van der Waals surface area contributed by atoms with Gasteiger partial charge in [0.05, 0.1) is 18.7 Å². The number of fused-ring (bicyclic) bond motifs is 3. The van der Waals surface area contributed by atoms with E-state index in [9.17, 15) is 0 Å². The van der Waals surface area contributed by atoms with Gasteiger partial charge in [-0.25, -0.2) is 0 Å². The maximum absolute atomic E-state index is 5.84. The molecule has 1 unspecified atom stereocenters. The van der Waals surface area contributed by atoms with Gasteiger partial charge >= 0.3 is 0 Å². The molecule has 17 heavy (non-hydrogen) atoms. The number of hydrogen-bond donors (Lipinski definition) is 0. The van der Waals surface area contributed by atoms with E-state index in [2.05, 4.69) is 18.0 Å². The molecule has 3 rings (SSSR count). The highest BCUT2D eigenvalue weighted by atomic mass is 16.5. The number of rotatable bonds is 1. The lowest BCUT2D eigenvalue weighted by atomic mass is 9.90. The van der Waals surface area contributed by atoms with Crippen LogP contribution in [0.15, 0.2) is 24.3 Å². The van der Waals surface area contributed by atoms with Crippen molar-refractivity contribution in [3.8, 4) is 11.5 Å². The Labute approximate surface area is 102 Å². The molecule has 3 nitrogen and oxygen atoms in total. The normalized spacial score (nSPS) is 23.2. The summed E-state index contributed by atoms with van der Waals surface area (Å²) in [4.78, 5) is 2.35. The summed E-state index contributed by atoms with van der Waals surface area (Å²) in [6.45, 7) is 1.84. The summed E-state index contributed by atoms with van der Waals surface area (Å²) in [5, 5.41) is 0. The van der Waals surface area contributed by atoms with Gasteiger partial charge < -0.3 is 9.47 Å². The molecule has 1 atom stereocenters. The Morgan fingerprint density at radius 2 is 2.29 bits per heavy atom. The number of hydrogen-bond acceptors (Lipinski definition) is 3. The number of methoxy groups -OCH3 is 1. The largest absolute Gasteiger partial charge is 0.496 e. The van der Waals surface area contributed by atoms with Crippen LogP contribution in [-0.2, 0) is 0 Å². The van der Waals surface area contributed by atoms with Gasteiger partial charge in [-0.1, -0.05) is 12.1 Å². The summed E-state index contributed by atoms with van der Waals surface area (Å²) in [7, 11) is 3.87. The monoisotopic (exact) mass is 231 g/mol. The molecule has 0 radical (unpaired) electrons. The van der Waals surface area contributed by atoms with E-state index >= 15 is 0 Å². The van der Waals surface area contributed by atoms with Gasteiger partial charge in [0.25, 0.3) is 0 Å². The lowest BCUT2D eigenvalue weighted by Crippen LogP contribution is -2.42. The van der Waals surface area contributed by atoms with Crippen molar-refractivity contribution in [2.75, 3.05) is 27.3 Å². The highest BCUT2D eigenvalue weighted by Crippen LogP contribution is 2.42. The predicted octanol–water partition coefficient (Wildman–Crippen LogP) is 2.18. The molecule has 3 heteroatoms. The molecule has 0 fully saturated rings. The van der Waals surface area contributed by atoms with E-state index in [0.717, 1.165) is 36.6 Å². The van der Waals surface area contributed by atoms with Crippen LogP contribution in [0.25, 0.3) is 5.57 Å². The molecular formula is C14H17NO2. The minimum atomic E-state index is 0.368. The second-order valence-corrected chi connectivity index (χ2v) is 4.59. The van der Waals surface area contributed by atoms with Crippen molar-refractivity contribution in [2.45, 2.75) is 12.5 Å². The standard InChI is InChI=1S/C14H17NO2/c1-15-8-4-5-10-11(15)9-17-13-7-3-6-12(16-2)14(10)13/h3,5-7,11H,4,8-9H2,1-2H3. The smallest absolute Gasteiger partial charge is 0.130 e. The number of ether oxygens (including phenoxy) is 2. The van der Waals surface area contributed by atoms with Crippen LogP contribution in [0.5, 0.6) is 11.5 Å². The molecule has 0 aliphatic carbocycles. The number of benzene rings is 1. The third kappa shape index (κ3) is 1.62. The highest BCUT2D eigenvalue weighted by Gasteiger charge is 2.32. The molecule has 0 bridgehead atoms. The zero-order valence-electron chi connectivity index (χ0n) is 10.3. The van der Waals surface area contributed by atoms with Crippen LogP contribution in [0.4, 0.5) is 0 Å². The van der Waals surface area contributed by atoms with E-state index in [1.54, 1.807) is 7.11 Å². The molecule has 0 spiro atoms. The molecule has 0 amide bonds.